The third-order valence-electron chi connectivity index (χ3n) is 6.78. The first-order valence-electron chi connectivity index (χ1n) is 11.9. The van der Waals surface area contributed by atoms with Crippen LogP contribution >= 0.6 is 0 Å². The summed E-state index contributed by atoms with van der Waals surface area (Å²) in [6.45, 7) is 10.9. The Morgan fingerprint density at radius 2 is 1.68 bits per heavy atom. The maximum atomic E-state index is 13.1. The molecule has 0 saturated carbocycles. The average Bonchev–Trinajstić information content (AvgIpc) is 2.75. The normalized spacial score (nSPS) is 18.5. The number of benzene rings is 1. The molecule has 1 aliphatic heterocycles. The van der Waals surface area contributed by atoms with E-state index in [4.69, 9.17) is 0 Å². The summed E-state index contributed by atoms with van der Waals surface area (Å²) in [5.41, 5.74) is 2.47. The lowest BCUT2D eigenvalue weighted by Gasteiger charge is -2.32. The summed E-state index contributed by atoms with van der Waals surface area (Å²) in [4.78, 5) is 15.4. The number of hydrogen-bond donors (Lipinski definition) is 1. The molecule has 0 unspecified atom stereocenters. The Morgan fingerprint density at radius 1 is 1.06 bits per heavy atom. The van der Waals surface area contributed by atoms with Crippen molar-refractivity contribution < 1.29 is 13.2 Å². The smallest absolute Gasteiger partial charge is 0.243 e. The minimum atomic E-state index is -3.50. The van der Waals surface area contributed by atoms with Crippen molar-refractivity contribution in [2.45, 2.75) is 83.2 Å². The van der Waals surface area contributed by atoms with Crippen LogP contribution in [0.5, 0.6) is 0 Å². The Kier molecular flexibility index (Phi) is 8.16. The van der Waals surface area contributed by atoms with Crippen molar-refractivity contribution in [2.24, 2.45) is 5.92 Å². The summed E-state index contributed by atoms with van der Waals surface area (Å²) in [5, 5.41) is 3.06. The Morgan fingerprint density at radius 3 is 2.29 bits per heavy atom. The highest BCUT2D eigenvalue weighted by Crippen LogP contribution is 2.28. The van der Waals surface area contributed by atoms with Gasteiger partial charge in [0.05, 0.1) is 4.90 Å². The molecule has 1 aromatic rings. The molecule has 1 fully saturated rings. The van der Waals surface area contributed by atoms with Gasteiger partial charge in [0.25, 0.3) is 0 Å². The van der Waals surface area contributed by atoms with Crippen LogP contribution in [0.25, 0.3) is 0 Å². The topological polar surface area (TPSA) is 69.7 Å². The number of sulfonamides is 1. The minimum Gasteiger partial charge on any atom is -0.355 e. The predicted molar refractivity (Wildman–Crippen MR) is 125 cm³/mol. The maximum Gasteiger partial charge on any atom is 0.243 e. The highest BCUT2D eigenvalue weighted by Gasteiger charge is 2.32. The Bertz CT molecular complexity index is 851. The predicted octanol–water partition coefficient (Wildman–Crippen LogP) is 3.20. The molecule has 6 nitrogen and oxygen atoms in total. The molecule has 1 aliphatic carbocycles. The van der Waals surface area contributed by atoms with Gasteiger partial charge in [0.15, 0.2) is 0 Å². The Hall–Kier alpha value is -1.44. The van der Waals surface area contributed by atoms with Gasteiger partial charge in [-0.25, -0.2) is 8.42 Å². The van der Waals surface area contributed by atoms with E-state index < -0.39 is 10.0 Å². The lowest BCUT2D eigenvalue weighted by molar-refractivity contribution is -0.126. The summed E-state index contributed by atoms with van der Waals surface area (Å²) in [5.74, 6) is -0.0557. The van der Waals surface area contributed by atoms with Crippen LogP contribution in [0.1, 0.15) is 64.5 Å². The molecular weight excluding hydrogens is 410 g/mol. The molecule has 2 aliphatic rings. The first-order chi connectivity index (χ1) is 14.7. The summed E-state index contributed by atoms with van der Waals surface area (Å²) in [6, 6.07) is 6.49. The van der Waals surface area contributed by atoms with Crippen LogP contribution in [0.2, 0.25) is 0 Å². The average molecular weight is 450 g/mol. The first-order valence-corrected chi connectivity index (χ1v) is 13.3. The van der Waals surface area contributed by atoms with Crippen molar-refractivity contribution in [1.82, 2.24) is 14.5 Å². The van der Waals surface area contributed by atoms with E-state index >= 15 is 0 Å². The van der Waals surface area contributed by atoms with Crippen LogP contribution in [-0.2, 0) is 27.7 Å². The molecule has 174 valence electrons. The lowest BCUT2D eigenvalue weighted by Crippen LogP contribution is -2.46. The number of carbonyl (C=O) groups is 1. The molecule has 7 heteroatoms. The number of carbonyl (C=O) groups excluding carboxylic acids is 1. The van der Waals surface area contributed by atoms with E-state index in [1.807, 2.05) is 12.1 Å². The minimum absolute atomic E-state index is 0.0540. The molecule has 31 heavy (non-hydrogen) atoms. The fourth-order valence-electron chi connectivity index (χ4n) is 4.94. The van der Waals surface area contributed by atoms with Crippen molar-refractivity contribution in [3.8, 4) is 0 Å². The SMILES string of the molecule is CC(C)N(CCNC(=O)C1CCN(S(=O)(=O)c2ccc3c(c2)CCCC3)CC1)C(C)C. The molecule has 1 heterocycles. The van der Waals surface area contributed by atoms with Gasteiger partial charge in [0.1, 0.15) is 0 Å². The first kappa shape index (κ1) is 24.2. The third-order valence-corrected chi connectivity index (χ3v) is 8.67. The van der Waals surface area contributed by atoms with Crippen LogP contribution in [-0.4, -0.2) is 61.8 Å². The zero-order valence-electron chi connectivity index (χ0n) is 19.6. The lowest BCUT2D eigenvalue weighted by atomic mass is 9.92. The number of hydrogen-bond acceptors (Lipinski definition) is 4. The molecule has 0 radical (unpaired) electrons. The standard InChI is InChI=1S/C24H39N3O3S/c1-18(2)27(19(3)4)16-13-25-24(28)21-11-14-26(15-12-21)31(29,30)23-10-9-20-7-5-6-8-22(20)17-23/h9-10,17-19,21H,5-8,11-16H2,1-4H3,(H,25,28). The largest absolute Gasteiger partial charge is 0.355 e. The number of nitrogens with zero attached hydrogens (tertiary/aromatic N) is 2. The van der Waals surface area contributed by atoms with E-state index in [0.29, 0.717) is 49.5 Å². The molecular formula is C24H39N3O3S. The van der Waals surface area contributed by atoms with Crippen molar-refractivity contribution in [3.05, 3.63) is 29.3 Å². The zero-order valence-corrected chi connectivity index (χ0v) is 20.4. The summed E-state index contributed by atoms with van der Waals surface area (Å²) in [6.07, 6.45) is 5.47. The molecule has 1 aromatic carbocycles. The monoisotopic (exact) mass is 449 g/mol. The highest BCUT2D eigenvalue weighted by atomic mass is 32.2. The number of piperidine rings is 1. The third kappa shape index (κ3) is 5.88. The zero-order chi connectivity index (χ0) is 22.6. The van der Waals surface area contributed by atoms with Crippen LogP contribution in [0, 0.1) is 5.92 Å². The second kappa shape index (κ2) is 10.5. The molecule has 0 bridgehead atoms. The van der Waals surface area contributed by atoms with Gasteiger partial charge in [-0.1, -0.05) is 6.07 Å². The van der Waals surface area contributed by atoms with E-state index in [1.165, 1.54) is 17.5 Å². The van der Waals surface area contributed by atoms with E-state index in [0.717, 1.165) is 25.8 Å². The van der Waals surface area contributed by atoms with Gasteiger partial charge in [-0.3, -0.25) is 9.69 Å². The number of aryl methyl sites for hydroxylation is 2. The second-order valence-electron chi connectivity index (χ2n) is 9.53. The van der Waals surface area contributed by atoms with Crippen molar-refractivity contribution in [3.63, 3.8) is 0 Å². The highest BCUT2D eigenvalue weighted by molar-refractivity contribution is 7.89. The van der Waals surface area contributed by atoms with E-state index in [2.05, 4.69) is 37.9 Å². The van der Waals surface area contributed by atoms with E-state index in [-0.39, 0.29) is 11.8 Å². The van der Waals surface area contributed by atoms with E-state index in [9.17, 15) is 13.2 Å². The molecule has 0 aromatic heterocycles. The van der Waals surface area contributed by atoms with Crippen LogP contribution in [0.4, 0.5) is 0 Å². The summed E-state index contributed by atoms with van der Waals surface area (Å²) >= 11 is 0. The summed E-state index contributed by atoms with van der Waals surface area (Å²) in [7, 11) is -3.50. The molecule has 1 amide bonds. The Balaban J connectivity index is 1.52. The fraction of sp³-hybridized carbons (Fsp3) is 0.708. The number of fused-ring (bicyclic) bond motifs is 1. The van der Waals surface area contributed by atoms with Gasteiger partial charge >= 0.3 is 0 Å². The van der Waals surface area contributed by atoms with Crippen LogP contribution < -0.4 is 5.32 Å². The molecule has 1 N–H and O–H groups in total. The van der Waals surface area contributed by atoms with Gasteiger partial charge in [0, 0.05) is 44.2 Å². The van der Waals surface area contributed by atoms with Crippen molar-refractivity contribution >= 4 is 15.9 Å². The van der Waals surface area contributed by atoms with Gasteiger partial charge < -0.3 is 5.32 Å². The Labute approximate surface area is 188 Å². The number of rotatable bonds is 8. The van der Waals surface area contributed by atoms with Crippen molar-refractivity contribution in [2.75, 3.05) is 26.2 Å². The van der Waals surface area contributed by atoms with E-state index in [1.54, 1.807) is 10.4 Å². The second-order valence-corrected chi connectivity index (χ2v) is 11.5. The molecule has 0 spiro atoms. The number of nitrogens with one attached hydrogen (secondary N) is 1. The molecule has 3 rings (SSSR count). The van der Waals surface area contributed by atoms with Crippen molar-refractivity contribution in [1.29, 1.82) is 0 Å². The number of amides is 1. The molecule has 0 atom stereocenters. The van der Waals surface area contributed by atoms with Gasteiger partial charge in [0.2, 0.25) is 15.9 Å². The summed E-state index contributed by atoms with van der Waals surface area (Å²) < 4.78 is 27.8. The maximum absolute atomic E-state index is 13.1. The van der Waals surface area contributed by atoms with Gasteiger partial charge in [-0.15, -0.1) is 0 Å². The quantitative estimate of drug-likeness (QED) is 0.662. The van der Waals surface area contributed by atoms with Gasteiger partial charge in [-0.05, 0) is 89.5 Å². The molecule has 1 saturated heterocycles. The fourth-order valence-corrected chi connectivity index (χ4v) is 6.46. The van der Waals surface area contributed by atoms with Crippen LogP contribution in [0.3, 0.4) is 0 Å². The van der Waals surface area contributed by atoms with Gasteiger partial charge in [-0.2, -0.15) is 4.31 Å². The van der Waals surface area contributed by atoms with Crippen LogP contribution in [0.15, 0.2) is 23.1 Å².